The molecule has 0 saturated carbocycles. The van der Waals surface area contributed by atoms with Crippen molar-refractivity contribution in [1.29, 1.82) is 0 Å². The van der Waals surface area contributed by atoms with Crippen LogP contribution in [0.25, 0.3) is 0 Å². The van der Waals surface area contributed by atoms with Crippen molar-refractivity contribution >= 4 is 11.8 Å². The second kappa shape index (κ2) is 11.4. The molecule has 0 spiro atoms. The monoisotopic (exact) mass is 444 g/mol. The van der Waals surface area contributed by atoms with Gasteiger partial charge >= 0.3 is 0 Å². The number of carbonyl (C=O) groups is 2. The Morgan fingerprint density at radius 3 is 2.29 bits per heavy atom. The van der Waals surface area contributed by atoms with E-state index in [0.29, 0.717) is 31.1 Å². The van der Waals surface area contributed by atoms with Crippen molar-refractivity contribution in [2.24, 2.45) is 11.8 Å². The van der Waals surface area contributed by atoms with E-state index in [-0.39, 0.29) is 30.6 Å². The Kier molecular flexibility index (Phi) is 8.89. The minimum Gasteiger partial charge on any atom is -0.497 e. The molecule has 2 fully saturated rings. The molecule has 6 nitrogen and oxygen atoms in total. The van der Waals surface area contributed by atoms with E-state index >= 15 is 0 Å². The van der Waals surface area contributed by atoms with Gasteiger partial charge in [-0.2, -0.15) is 17.6 Å². The number of nitrogens with one attached hydrogen (secondary N) is 1. The van der Waals surface area contributed by atoms with Gasteiger partial charge in [-0.1, -0.05) is 0 Å². The highest BCUT2D eigenvalue weighted by molar-refractivity contribution is 5.79. The van der Waals surface area contributed by atoms with Crippen LogP contribution in [0.4, 0.5) is 17.6 Å². The SMILES string of the molecule is COc1ccc(CN2C[C@@H](C=C(F)F)CC2=O)c(OC)c1.O=C1C[C@H](C=C(F)F)CN1. The maximum Gasteiger partial charge on any atom is 0.266 e. The molecule has 3 rings (SSSR count). The highest BCUT2D eigenvalue weighted by atomic mass is 19.3. The van der Waals surface area contributed by atoms with Crippen LogP contribution < -0.4 is 14.8 Å². The summed E-state index contributed by atoms with van der Waals surface area (Å²) in [5.74, 6) is 0.253. The summed E-state index contributed by atoms with van der Waals surface area (Å²) >= 11 is 0. The Morgan fingerprint density at radius 1 is 1.06 bits per heavy atom. The molecule has 1 N–H and O–H groups in total. The summed E-state index contributed by atoms with van der Waals surface area (Å²) < 4.78 is 58.0. The van der Waals surface area contributed by atoms with E-state index < -0.39 is 18.1 Å². The number of benzene rings is 1. The first-order valence-electron chi connectivity index (χ1n) is 9.52. The number of carbonyl (C=O) groups excluding carboxylic acids is 2. The molecule has 31 heavy (non-hydrogen) atoms. The van der Waals surface area contributed by atoms with Crippen molar-refractivity contribution < 1.29 is 36.6 Å². The molecule has 170 valence electrons. The van der Waals surface area contributed by atoms with Crippen molar-refractivity contribution in [2.75, 3.05) is 27.3 Å². The van der Waals surface area contributed by atoms with E-state index in [1.165, 1.54) is 7.11 Å². The van der Waals surface area contributed by atoms with E-state index in [4.69, 9.17) is 9.47 Å². The van der Waals surface area contributed by atoms with Gasteiger partial charge in [0.2, 0.25) is 11.8 Å². The molecular weight excluding hydrogens is 420 g/mol. The largest absolute Gasteiger partial charge is 0.497 e. The minimum absolute atomic E-state index is 0.121. The van der Waals surface area contributed by atoms with Crippen LogP contribution in [0, 0.1) is 11.8 Å². The van der Waals surface area contributed by atoms with Crippen LogP contribution in [0.15, 0.2) is 42.5 Å². The number of methoxy groups -OCH3 is 2. The van der Waals surface area contributed by atoms with Crippen LogP contribution in [0.2, 0.25) is 0 Å². The quantitative estimate of drug-likeness (QED) is 0.679. The molecule has 2 atom stereocenters. The molecular formula is C21H24F4N2O4. The van der Waals surface area contributed by atoms with Gasteiger partial charge in [0.25, 0.3) is 12.2 Å². The molecule has 2 aliphatic rings. The Bertz CT molecular complexity index is 852. The number of amides is 2. The summed E-state index contributed by atoms with van der Waals surface area (Å²) in [4.78, 5) is 23.9. The second-order valence-electron chi connectivity index (χ2n) is 7.10. The smallest absolute Gasteiger partial charge is 0.266 e. The molecule has 2 aliphatic heterocycles. The van der Waals surface area contributed by atoms with Gasteiger partial charge in [0.15, 0.2) is 0 Å². The van der Waals surface area contributed by atoms with E-state index in [1.807, 2.05) is 6.07 Å². The Balaban J connectivity index is 0.000000285. The fraction of sp³-hybridized carbons (Fsp3) is 0.429. The van der Waals surface area contributed by atoms with Gasteiger partial charge in [-0.3, -0.25) is 9.59 Å². The van der Waals surface area contributed by atoms with Crippen molar-refractivity contribution in [2.45, 2.75) is 19.4 Å². The fourth-order valence-electron chi connectivity index (χ4n) is 3.36. The summed E-state index contributed by atoms with van der Waals surface area (Å²) in [5, 5.41) is 2.46. The molecule has 1 aromatic rings. The number of rotatable bonds is 6. The molecule has 2 amide bonds. The number of hydrogen-bond donors (Lipinski definition) is 1. The third kappa shape index (κ3) is 7.62. The third-order valence-corrected chi connectivity index (χ3v) is 4.83. The molecule has 0 aromatic heterocycles. The summed E-state index contributed by atoms with van der Waals surface area (Å²) in [6.45, 7) is 0.978. The van der Waals surface area contributed by atoms with Gasteiger partial charge < -0.3 is 19.7 Å². The topological polar surface area (TPSA) is 67.9 Å². The van der Waals surface area contributed by atoms with Crippen molar-refractivity contribution in [3.8, 4) is 11.5 Å². The number of hydrogen-bond acceptors (Lipinski definition) is 4. The van der Waals surface area contributed by atoms with Crippen molar-refractivity contribution in [3.05, 3.63) is 48.1 Å². The lowest BCUT2D eigenvalue weighted by molar-refractivity contribution is -0.128. The minimum atomic E-state index is -1.74. The predicted molar refractivity (Wildman–Crippen MR) is 105 cm³/mol. The van der Waals surface area contributed by atoms with Crippen LogP contribution >= 0.6 is 0 Å². The number of likely N-dealkylation sites (tertiary alicyclic amines) is 1. The van der Waals surface area contributed by atoms with Crippen molar-refractivity contribution in [1.82, 2.24) is 10.2 Å². The Labute approximate surface area is 177 Å². The third-order valence-electron chi connectivity index (χ3n) is 4.83. The summed E-state index contributed by atoms with van der Waals surface area (Å²) in [6, 6.07) is 5.31. The average molecular weight is 444 g/mol. The zero-order chi connectivity index (χ0) is 23.0. The van der Waals surface area contributed by atoms with Gasteiger partial charge in [0, 0.05) is 55.9 Å². The van der Waals surface area contributed by atoms with Crippen LogP contribution in [0.1, 0.15) is 18.4 Å². The fourth-order valence-corrected chi connectivity index (χ4v) is 3.36. The van der Waals surface area contributed by atoms with E-state index in [9.17, 15) is 27.2 Å². The lowest BCUT2D eigenvalue weighted by Gasteiger charge is -2.18. The number of halogens is 4. The molecule has 2 heterocycles. The first-order chi connectivity index (χ1) is 14.7. The molecule has 0 aliphatic carbocycles. The Hall–Kier alpha value is -3.04. The molecule has 0 bridgehead atoms. The lowest BCUT2D eigenvalue weighted by Crippen LogP contribution is -2.24. The maximum atomic E-state index is 12.3. The normalized spacial score (nSPS) is 19.9. The standard InChI is InChI=1S/C15H17F2NO3.C6H7F2NO/c1-20-12-4-3-11(13(7-12)21-2)9-18-8-10(5-14(16)17)6-15(18)19;7-5(8)1-4-2-6(10)9-3-4/h3-5,7,10H,6,8-9H2,1-2H3;1,4H,2-3H2,(H,9,10)/t10-;4-/m00/s1. The van der Waals surface area contributed by atoms with E-state index in [0.717, 1.165) is 17.7 Å². The van der Waals surface area contributed by atoms with Crippen molar-refractivity contribution in [3.63, 3.8) is 0 Å². The van der Waals surface area contributed by atoms with Gasteiger partial charge in [0.1, 0.15) is 11.5 Å². The number of ether oxygens (including phenoxy) is 2. The lowest BCUT2D eigenvalue weighted by atomic mass is 10.1. The molecule has 2 saturated heterocycles. The average Bonchev–Trinajstić information content (AvgIpc) is 3.26. The first-order valence-corrected chi connectivity index (χ1v) is 9.52. The predicted octanol–water partition coefficient (Wildman–Crippen LogP) is 3.74. The van der Waals surface area contributed by atoms with Crippen LogP contribution in [-0.4, -0.2) is 44.0 Å². The highest BCUT2D eigenvalue weighted by Gasteiger charge is 2.29. The zero-order valence-electron chi connectivity index (χ0n) is 17.2. The molecule has 1 aromatic carbocycles. The van der Waals surface area contributed by atoms with Gasteiger partial charge in [-0.25, -0.2) is 0 Å². The number of nitrogens with zero attached hydrogens (tertiary/aromatic N) is 1. The summed E-state index contributed by atoms with van der Waals surface area (Å²) in [6.07, 6.45) is -1.47. The van der Waals surface area contributed by atoms with Gasteiger partial charge in [0.05, 0.1) is 14.2 Å². The Morgan fingerprint density at radius 2 is 1.74 bits per heavy atom. The van der Waals surface area contributed by atoms with Gasteiger partial charge in [-0.15, -0.1) is 0 Å². The first kappa shape index (κ1) is 24.2. The summed E-state index contributed by atoms with van der Waals surface area (Å²) in [5.41, 5.74) is 0.817. The summed E-state index contributed by atoms with van der Waals surface area (Å²) in [7, 11) is 3.09. The van der Waals surface area contributed by atoms with Crippen LogP contribution in [0.3, 0.4) is 0 Å². The van der Waals surface area contributed by atoms with E-state index in [1.54, 1.807) is 24.1 Å². The maximum absolute atomic E-state index is 12.3. The molecule has 10 heteroatoms. The van der Waals surface area contributed by atoms with Crippen LogP contribution in [-0.2, 0) is 16.1 Å². The molecule has 0 radical (unpaired) electrons. The molecule has 0 unspecified atom stereocenters. The van der Waals surface area contributed by atoms with Gasteiger partial charge in [-0.05, 0) is 24.3 Å². The van der Waals surface area contributed by atoms with Crippen LogP contribution in [0.5, 0.6) is 11.5 Å². The van der Waals surface area contributed by atoms with E-state index in [2.05, 4.69) is 5.32 Å². The zero-order valence-corrected chi connectivity index (χ0v) is 17.2. The second-order valence-corrected chi connectivity index (χ2v) is 7.10. The highest BCUT2D eigenvalue weighted by Crippen LogP contribution is 2.29.